The molecule has 3 rings (SSSR count). The second-order valence-electron chi connectivity index (χ2n) is 5.63. The van der Waals surface area contributed by atoms with E-state index in [1.807, 2.05) is 36.5 Å². The Kier molecular flexibility index (Phi) is 3.80. The molecule has 5 heteroatoms. The van der Waals surface area contributed by atoms with Gasteiger partial charge < -0.3 is 5.73 Å². The number of benzene rings is 1. The SMILES string of the molecule is CC1CN(Cc2cnn(-c3ccccc3)n2)CCC1N. The summed E-state index contributed by atoms with van der Waals surface area (Å²) in [5, 5.41) is 8.89. The van der Waals surface area contributed by atoms with Gasteiger partial charge in [0, 0.05) is 25.7 Å². The van der Waals surface area contributed by atoms with Crippen LogP contribution < -0.4 is 5.73 Å². The van der Waals surface area contributed by atoms with Crippen LogP contribution in [0.4, 0.5) is 0 Å². The van der Waals surface area contributed by atoms with Crippen molar-refractivity contribution < 1.29 is 0 Å². The van der Waals surface area contributed by atoms with Gasteiger partial charge in [-0.25, -0.2) is 0 Å². The van der Waals surface area contributed by atoms with Crippen LogP contribution in [0.1, 0.15) is 19.0 Å². The van der Waals surface area contributed by atoms with Crippen LogP contribution in [0.25, 0.3) is 5.69 Å². The number of hydrogen-bond donors (Lipinski definition) is 1. The number of likely N-dealkylation sites (tertiary alicyclic amines) is 1. The van der Waals surface area contributed by atoms with Crippen molar-refractivity contribution >= 4 is 0 Å². The van der Waals surface area contributed by atoms with Gasteiger partial charge in [-0.15, -0.1) is 0 Å². The standard InChI is InChI=1S/C15H21N5/c1-12-10-19(8-7-15(12)16)11-13-9-17-20(18-13)14-5-3-2-4-6-14/h2-6,9,12,15H,7-8,10-11,16H2,1H3. The van der Waals surface area contributed by atoms with Crippen molar-refractivity contribution in [1.29, 1.82) is 0 Å². The quantitative estimate of drug-likeness (QED) is 0.917. The summed E-state index contributed by atoms with van der Waals surface area (Å²) >= 11 is 0. The molecule has 5 nitrogen and oxygen atoms in total. The molecule has 2 N–H and O–H groups in total. The van der Waals surface area contributed by atoms with Crippen LogP contribution in [-0.4, -0.2) is 39.0 Å². The summed E-state index contributed by atoms with van der Waals surface area (Å²) in [6, 6.07) is 10.3. The highest BCUT2D eigenvalue weighted by Crippen LogP contribution is 2.16. The Labute approximate surface area is 119 Å². The highest BCUT2D eigenvalue weighted by molar-refractivity contribution is 5.28. The molecule has 0 saturated carbocycles. The lowest BCUT2D eigenvalue weighted by Crippen LogP contribution is -2.45. The molecule has 0 aliphatic carbocycles. The first-order valence-corrected chi connectivity index (χ1v) is 7.17. The lowest BCUT2D eigenvalue weighted by molar-refractivity contribution is 0.156. The minimum absolute atomic E-state index is 0.339. The number of nitrogens with two attached hydrogens (primary N) is 1. The minimum Gasteiger partial charge on any atom is -0.327 e. The van der Waals surface area contributed by atoms with E-state index in [2.05, 4.69) is 22.0 Å². The van der Waals surface area contributed by atoms with Crippen LogP contribution in [0, 0.1) is 5.92 Å². The van der Waals surface area contributed by atoms with Crippen molar-refractivity contribution in [3.63, 3.8) is 0 Å². The molecule has 2 unspecified atom stereocenters. The number of para-hydroxylation sites is 1. The van der Waals surface area contributed by atoms with E-state index in [1.54, 1.807) is 4.80 Å². The van der Waals surface area contributed by atoms with E-state index >= 15 is 0 Å². The molecule has 1 aromatic carbocycles. The minimum atomic E-state index is 0.339. The molecule has 2 aromatic rings. The van der Waals surface area contributed by atoms with Crippen LogP contribution in [0.3, 0.4) is 0 Å². The smallest absolute Gasteiger partial charge is 0.0971 e. The van der Waals surface area contributed by atoms with E-state index in [0.717, 1.165) is 37.4 Å². The van der Waals surface area contributed by atoms with Crippen molar-refractivity contribution in [2.45, 2.75) is 25.9 Å². The molecule has 106 valence electrons. The van der Waals surface area contributed by atoms with Gasteiger partial charge in [-0.3, -0.25) is 4.90 Å². The Morgan fingerprint density at radius 2 is 2.10 bits per heavy atom. The zero-order valence-corrected chi connectivity index (χ0v) is 11.8. The number of aromatic nitrogens is 3. The van der Waals surface area contributed by atoms with Gasteiger partial charge in [-0.05, 0) is 24.5 Å². The Balaban J connectivity index is 1.66. The maximum Gasteiger partial charge on any atom is 0.0971 e. The number of piperidine rings is 1. The Hall–Kier alpha value is -1.72. The summed E-state index contributed by atoms with van der Waals surface area (Å²) in [6.07, 6.45) is 2.92. The predicted molar refractivity (Wildman–Crippen MR) is 78.4 cm³/mol. The Morgan fingerprint density at radius 3 is 2.85 bits per heavy atom. The van der Waals surface area contributed by atoms with Crippen LogP contribution in [0.15, 0.2) is 36.5 Å². The summed E-state index contributed by atoms with van der Waals surface area (Å²) < 4.78 is 0. The van der Waals surface area contributed by atoms with Crippen LogP contribution in [0.5, 0.6) is 0 Å². The van der Waals surface area contributed by atoms with Gasteiger partial charge in [0.1, 0.15) is 0 Å². The van der Waals surface area contributed by atoms with Crippen molar-refractivity contribution in [1.82, 2.24) is 19.9 Å². The molecule has 1 saturated heterocycles. The molecule has 0 spiro atoms. The van der Waals surface area contributed by atoms with Gasteiger partial charge in [-0.2, -0.15) is 15.0 Å². The molecule has 1 aliphatic rings. The van der Waals surface area contributed by atoms with Crippen molar-refractivity contribution in [2.75, 3.05) is 13.1 Å². The summed E-state index contributed by atoms with van der Waals surface area (Å²) in [6.45, 7) is 5.16. The average molecular weight is 271 g/mol. The monoisotopic (exact) mass is 271 g/mol. The number of rotatable bonds is 3. The summed E-state index contributed by atoms with van der Waals surface area (Å²) in [5.74, 6) is 0.549. The fourth-order valence-corrected chi connectivity index (χ4v) is 2.68. The van der Waals surface area contributed by atoms with E-state index in [9.17, 15) is 0 Å². The molecule has 2 atom stereocenters. The molecule has 1 aliphatic heterocycles. The third-order valence-electron chi connectivity index (χ3n) is 3.97. The topological polar surface area (TPSA) is 60.0 Å². The Morgan fingerprint density at radius 1 is 1.30 bits per heavy atom. The molecule has 1 aromatic heterocycles. The average Bonchev–Trinajstić information content (AvgIpc) is 2.92. The highest BCUT2D eigenvalue weighted by atomic mass is 15.5. The first-order valence-electron chi connectivity index (χ1n) is 7.17. The van der Waals surface area contributed by atoms with Gasteiger partial charge in [-0.1, -0.05) is 25.1 Å². The van der Waals surface area contributed by atoms with Gasteiger partial charge in [0.05, 0.1) is 17.6 Å². The molecule has 1 fully saturated rings. The van der Waals surface area contributed by atoms with Crippen molar-refractivity contribution in [3.05, 3.63) is 42.2 Å². The van der Waals surface area contributed by atoms with E-state index < -0.39 is 0 Å². The second kappa shape index (κ2) is 5.73. The van der Waals surface area contributed by atoms with Gasteiger partial charge in [0.2, 0.25) is 0 Å². The van der Waals surface area contributed by atoms with Crippen molar-refractivity contribution in [3.8, 4) is 5.69 Å². The van der Waals surface area contributed by atoms with E-state index in [1.165, 1.54) is 0 Å². The molecule has 0 bridgehead atoms. The zero-order valence-electron chi connectivity index (χ0n) is 11.8. The third kappa shape index (κ3) is 2.89. The molecule has 0 amide bonds. The lowest BCUT2D eigenvalue weighted by Gasteiger charge is -2.34. The molecule has 0 radical (unpaired) electrons. The van der Waals surface area contributed by atoms with Gasteiger partial charge >= 0.3 is 0 Å². The first-order chi connectivity index (χ1) is 9.72. The maximum atomic E-state index is 6.06. The fraction of sp³-hybridized carbons (Fsp3) is 0.467. The van der Waals surface area contributed by atoms with E-state index in [-0.39, 0.29) is 0 Å². The zero-order chi connectivity index (χ0) is 13.9. The molecular weight excluding hydrogens is 250 g/mol. The van der Waals surface area contributed by atoms with Crippen molar-refractivity contribution in [2.24, 2.45) is 11.7 Å². The maximum absolute atomic E-state index is 6.06. The molecule has 20 heavy (non-hydrogen) atoms. The Bertz CT molecular complexity index is 550. The first kappa shape index (κ1) is 13.3. The van der Waals surface area contributed by atoms with Crippen LogP contribution in [-0.2, 0) is 6.54 Å². The summed E-state index contributed by atoms with van der Waals surface area (Å²) in [7, 11) is 0. The predicted octanol–water partition coefficient (Wildman–Crippen LogP) is 1.44. The van der Waals surface area contributed by atoms with Gasteiger partial charge in [0.15, 0.2) is 0 Å². The largest absolute Gasteiger partial charge is 0.327 e. The fourth-order valence-electron chi connectivity index (χ4n) is 2.68. The van der Waals surface area contributed by atoms with E-state index in [0.29, 0.717) is 12.0 Å². The third-order valence-corrected chi connectivity index (χ3v) is 3.97. The van der Waals surface area contributed by atoms with Crippen LogP contribution >= 0.6 is 0 Å². The molecule has 2 heterocycles. The summed E-state index contributed by atoms with van der Waals surface area (Å²) in [5.41, 5.74) is 8.06. The molecular formula is C15H21N5. The summed E-state index contributed by atoms with van der Waals surface area (Å²) in [4.78, 5) is 4.10. The number of nitrogens with zero attached hydrogens (tertiary/aromatic N) is 4. The highest BCUT2D eigenvalue weighted by Gasteiger charge is 2.23. The van der Waals surface area contributed by atoms with E-state index in [4.69, 9.17) is 5.73 Å². The second-order valence-corrected chi connectivity index (χ2v) is 5.63. The lowest BCUT2D eigenvalue weighted by atomic mass is 9.95. The normalized spacial score (nSPS) is 23.9. The van der Waals surface area contributed by atoms with Gasteiger partial charge in [0.25, 0.3) is 0 Å². The van der Waals surface area contributed by atoms with Crippen LogP contribution in [0.2, 0.25) is 0 Å². The number of hydrogen-bond acceptors (Lipinski definition) is 4.